The van der Waals surface area contributed by atoms with Gasteiger partial charge >= 0.3 is 0 Å². The predicted octanol–water partition coefficient (Wildman–Crippen LogP) is 5.19. The minimum atomic E-state index is 0.777. The summed E-state index contributed by atoms with van der Waals surface area (Å²) in [5.41, 5.74) is 0. The van der Waals surface area contributed by atoms with Gasteiger partial charge in [0.2, 0.25) is 0 Å². The fourth-order valence-corrected chi connectivity index (χ4v) is 3.54. The molecule has 3 heteroatoms. The molecule has 0 rings (SSSR count). The molecule has 110 valence electrons. The van der Waals surface area contributed by atoms with E-state index in [0.29, 0.717) is 0 Å². The molecule has 0 saturated heterocycles. The first kappa shape index (κ1) is 18.8. The van der Waals surface area contributed by atoms with Crippen molar-refractivity contribution in [3.63, 3.8) is 0 Å². The summed E-state index contributed by atoms with van der Waals surface area (Å²) >= 11 is 5.46. The van der Waals surface area contributed by atoms with E-state index in [1.54, 1.807) is 0 Å². The van der Waals surface area contributed by atoms with Crippen molar-refractivity contribution in [2.75, 3.05) is 30.9 Å². The normalized spacial score (nSPS) is 13.2. The topological polar surface area (TPSA) is 3.24 Å². The summed E-state index contributed by atoms with van der Waals surface area (Å²) in [5, 5.41) is 1.17. The summed E-state index contributed by atoms with van der Waals surface area (Å²) in [7, 11) is 2.29. The van der Waals surface area contributed by atoms with Gasteiger partial charge in [0.25, 0.3) is 0 Å². The van der Waals surface area contributed by atoms with Gasteiger partial charge in [0, 0.05) is 17.1 Å². The Morgan fingerprint density at radius 3 is 2.06 bits per heavy atom. The van der Waals surface area contributed by atoms with Crippen molar-refractivity contribution in [2.45, 2.75) is 64.3 Å². The van der Waals surface area contributed by atoms with Crippen LogP contribution in [0.15, 0.2) is 0 Å². The molecule has 0 aromatic carbocycles. The van der Waals surface area contributed by atoms with Crippen LogP contribution in [0.3, 0.4) is 0 Å². The van der Waals surface area contributed by atoms with Crippen LogP contribution in [-0.2, 0) is 0 Å². The lowest BCUT2D eigenvalue weighted by atomic mass is 10.1. The Labute approximate surface area is 128 Å². The molecule has 0 radical (unpaired) electrons. The summed E-state index contributed by atoms with van der Waals surface area (Å²) in [4.78, 5) is 2.56. The molecule has 0 spiro atoms. The Bertz CT molecular complexity index is 167. The fourth-order valence-electron chi connectivity index (χ4n) is 2.27. The molecule has 0 aliphatic heterocycles. The minimum absolute atomic E-state index is 0.777. The number of unbranched alkanes of at least 4 members (excludes halogenated alkanes) is 6. The first-order valence-electron chi connectivity index (χ1n) is 7.51. The zero-order valence-corrected chi connectivity index (χ0v) is 15.0. The highest BCUT2D eigenvalue weighted by molar-refractivity contribution is 9.09. The molecule has 0 bridgehead atoms. The molecule has 0 fully saturated rings. The Hall–Kier alpha value is 0.790. The van der Waals surface area contributed by atoms with Crippen LogP contribution in [0.5, 0.6) is 0 Å². The molecule has 0 N–H and O–H groups in total. The summed E-state index contributed by atoms with van der Waals surface area (Å²) in [6, 6.07) is 0.777. The third-order valence-electron chi connectivity index (χ3n) is 3.60. The maximum Gasteiger partial charge on any atom is 0.0180 e. The largest absolute Gasteiger partial charge is 0.303 e. The van der Waals surface area contributed by atoms with Gasteiger partial charge in [0.1, 0.15) is 0 Å². The second kappa shape index (κ2) is 14.2. The number of hydrogen-bond donors (Lipinski definition) is 0. The number of halogens is 1. The number of nitrogens with zero attached hydrogens (tertiary/aromatic N) is 1. The second-order valence-corrected chi connectivity index (χ2v) is 6.87. The summed E-state index contributed by atoms with van der Waals surface area (Å²) in [6.07, 6.45) is 13.3. The van der Waals surface area contributed by atoms with E-state index in [4.69, 9.17) is 0 Å². The van der Waals surface area contributed by atoms with Gasteiger partial charge in [0.15, 0.2) is 0 Å². The van der Waals surface area contributed by atoms with Gasteiger partial charge in [-0.2, -0.15) is 11.8 Å². The third-order valence-corrected chi connectivity index (χ3v) is 4.88. The van der Waals surface area contributed by atoms with Gasteiger partial charge in [0.05, 0.1) is 0 Å². The monoisotopic (exact) mass is 337 g/mol. The van der Waals surface area contributed by atoms with Crippen LogP contribution in [0.2, 0.25) is 0 Å². The summed E-state index contributed by atoms with van der Waals surface area (Å²) in [5.74, 6) is 1.28. The zero-order valence-electron chi connectivity index (χ0n) is 12.6. The average molecular weight is 338 g/mol. The van der Waals surface area contributed by atoms with Crippen molar-refractivity contribution in [3.8, 4) is 0 Å². The predicted molar refractivity (Wildman–Crippen MR) is 91.2 cm³/mol. The molecule has 0 aromatic heterocycles. The Kier molecular flexibility index (Phi) is 14.8. The van der Waals surface area contributed by atoms with Gasteiger partial charge in [-0.15, -0.1) is 0 Å². The van der Waals surface area contributed by atoms with E-state index in [-0.39, 0.29) is 0 Å². The maximum atomic E-state index is 3.49. The molecule has 0 amide bonds. The zero-order chi connectivity index (χ0) is 13.6. The van der Waals surface area contributed by atoms with Crippen molar-refractivity contribution in [1.82, 2.24) is 4.90 Å². The maximum absolute atomic E-state index is 3.49. The average Bonchev–Trinajstić information content (AvgIpc) is 2.38. The van der Waals surface area contributed by atoms with E-state index in [9.17, 15) is 0 Å². The highest BCUT2D eigenvalue weighted by atomic mass is 79.9. The molecule has 1 atom stereocenters. The van der Waals surface area contributed by atoms with Crippen LogP contribution in [0.4, 0.5) is 0 Å². The van der Waals surface area contributed by atoms with Crippen LogP contribution in [0.25, 0.3) is 0 Å². The van der Waals surface area contributed by atoms with E-state index in [1.807, 2.05) is 11.8 Å². The molecule has 1 nitrogen and oxygen atoms in total. The minimum Gasteiger partial charge on any atom is -0.303 e. The van der Waals surface area contributed by atoms with Crippen LogP contribution in [0, 0.1) is 0 Å². The standard InChI is InChI=1S/C15H32BrNS/c1-4-15(14-18-3)17(2)13-11-9-7-5-6-8-10-12-16/h15H,4-14H2,1-3H3. The van der Waals surface area contributed by atoms with Crippen molar-refractivity contribution < 1.29 is 0 Å². The number of rotatable bonds is 13. The molecular weight excluding hydrogens is 306 g/mol. The summed E-state index contributed by atoms with van der Waals surface area (Å²) < 4.78 is 0. The van der Waals surface area contributed by atoms with Crippen LogP contribution < -0.4 is 0 Å². The highest BCUT2D eigenvalue weighted by Gasteiger charge is 2.10. The van der Waals surface area contributed by atoms with Crippen molar-refractivity contribution >= 4 is 27.7 Å². The lowest BCUT2D eigenvalue weighted by Gasteiger charge is -2.26. The van der Waals surface area contributed by atoms with Gasteiger partial charge in [-0.3, -0.25) is 0 Å². The first-order valence-corrected chi connectivity index (χ1v) is 10.0. The Balaban J connectivity index is 3.36. The third kappa shape index (κ3) is 10.7. The van der Waals surface area contributed by atoms with Gasteiger partial charge in [-0.1, -0.05) is 55.0 Å². The molecule has 1 unspecified atom stereocenters. The fraction of sp³-hybridized carbons (Fsp3) is 1.00. The van der Waals surface area contributed by atoms with E-state index in [0.717, 1.165) is 6.04 Å². The smallest absolute Gasteiger partial charge is 0.0180 e. The van der Waals surface area contributed by atoms with Gasteiger partial charge < -0.3 is 4.90 Å². The quantitative estimate of drug-likeness (QED) is 0.336. The van der Waals surface area contributed by atoms with Crippen LogP contribution >= 0.6 is 27.7 Å². The van der Waals surface area contributed by atoms with Crippen LogP contribution in [0.1, 0.15) is 58.3 Å². The van der Waals surface area contributed by atoms with E-state index in [2.05, 4.69) is 41.1 Å². The highest BCUT2D eigenvalue weighted by Crippen LogP contribution is 2.11. The Morgan fingerprint density at radius 2 is 1.56 bits per heavy atom. The first-order chi connectivity index (χ1) is 8.76. The van der Waals surface area contributed by atoms with Crippen LogP contribution in [-0.4, -0.2) is 41.9 Å². The Morgan fingerprint density at radius 1 is 1.00 bits per heavy atom. The molecular formula is C15H32BrNS. The number of alkyl halides is 1. The van der Waals surface area contributed by atoms with Crippen molar-refractivity contribution in [2.24, 2.45) is 0 Å². The van der Waals surface area contributed by atoms with E-state index in [1.165, 1.54) is 69.0 Å². The lowest BCUT2D eigenvalue weighted by molar-refractivity contribution is 0.250. The van der Waals surface area contributed by atoms with E-state index < -0.39 is 0 Å². The lowest BCUT2D eigenvalue weighted by Crippen LogP contribution is -2.33. The molecule has 18 heavy (non-hydrogen) atoms. The number of thioether (sulfide) groups is 1. The molecule has 0 aliphatic carbocycles. The number of hydrogen-bond acceptors (Lipinski definition) is 2. The molecule has 0 aliphatic rings. The van der Waals surface area contributed by atoms with E-state index >= 15 is 0 Å². The summed E-state index contributed by atoms with van der Waals surface area (Å²) in [6.45, 7) is 3.59. The van der Waals surface area contributed by atoms with Gasteiger partial charge in [-0.05, 0) is 39.1 Å². The van der Waals surface area contributed by atoms with Crippen molar-refractivity contribution in [1.29, 1.82) is 0 Å². The van der Waals surface area contributed by atoms with Gasteiger partial charge in [-0.25, -0.2) is 0 Å². The molecule has 0 saturated carbocycles. The van der Waals surface area contributed by atoms with Crippen molar-refractivity contribution in [3.05, 3.63) is 0 Å². The SMILES string of the molecule is CCC(CSC)N(C)CCCCCCCCCBr. The second-order valence-electron chi connectivity index (χ2n) is 5.16. The molecule has 0 heterocycles. The molecule has 0 aromatic rings.